The molecule has 0 amide bonds. The third kappa shape index (κ3) is 2.51. The number of anilines is 2. The van der Waals surface area contributed by atoms with Crippen molar-refractivity contribution in [1.82, 2.24) is 0 Å². The smallest absolute Gasteiger partial charge is 0.0400 e. The molecule has 2 aromatic rings. The first-order chi connectivity index (χ1) is 9.63. The van der Waals surface area contributed by atoms with Gasteiger partial charge in [-0.25, -0.2) is 0 Å². The van der Waals surface area contributed by atoms with Crippen LogP contribution >= 0.6 is 0 Å². The molecule has 0 spiro atoms. The van der Waals surface area contributed by atoms with Crippen molar-refractivity contribution >= 4 is 11.4 Å². The lowest BCUT2D eigenvalue weighted by Gasteiger charge is -2.13. The second-order valence-corrected chi connectivity index (χ2v) is 5.90. The second-order valence-electron chi connectivity index (χ2n) is 5.90. The summed E-state index contributed by atoms with van der Waals surface area (Å²) in [4.78, 5) is 0. The molecule has 20 heavy (non-hydrogen) atoms. The van der Waals surface area contributed by atoms with Crippen molar-refractivity contribution in [1.29, 1.82) is 0 Å². The van der Waals surface area contributed by atoms with Gasteiger partial charge in [-0.1, -0.05) is 19.1 Å². The van der Waals surface area contributed by atoms with Crippen molar-refractivity contribution in [3.8, 4) is 0 Å². The number of nitrogen functional groups attached to an aromatic ring is 1. The third-order valence-corrected chi connectivity index (χ3v) is 4.29. The summed E-state index contributed by atoms with van der Waals surface area (Å²) in [6.07, 6.45) is 2.51. The zero-order valence-corrected chi connectivity index (χ0v) is 12.2. The lowest BCUT2D eigenvalue weighted by atomic mass is 9.97. The minimum absolute atomic E-state index is 0.719. The standard InChI is InChI=1S/C18H22N2/c1-12-3-6-15-10-17(9-13(2)18(12)15)20-11-14-4-7-16(19)8-5-14/h4-5,7-10,12,20H,3,6,11,19H2,1-2H3. The van der Waals surface area contributed by atoms with E-state index in [-0.39, 0.29) is 0 Å². The minimum atomic E-state index is 0.719. The average molecular weight is 266 g/mol. The highest BCUT2D eigenvalue weighted by Gasteiger charge is 2.20. The number of aryl methyl sites for hydroxylation is 2. The summed E-state index contributed by atoms with van der Waals surface area (Å²) in [6.45, 7) is 5.41. The number of hydrogen-bond donors (Lipinski definition) is 2. The molecule has 1 unspecified atom stereocenters. The zero-order valence-electron chi connectivity index (χ0n) is 12.2. The molecule has 1 atom stereocenters. The molecule has 0 saturated carbocycles. The van der Waals surface area contributed by atoms with Gasteiger partial charge < -0.3 is 11.1 Å². The molecule has 0 heterocycles. The largest absolute Gasteiger partial charge is 0.399 e. The van der Waals surface area contributed by atoms with Gasteiger partial charge in [0, 0.05) is 17.9 Å². The van der Waals surface area contributed by atoms with Crippen molar-refractivity contribution in [2.24, 2.45) is 0 Å². The molecule has 1 aliphatic carbocycles. The topological polar surface area (TPSA) is 38.0 Å². The number of hydrogen-bond acceptors (Lipinski definition) is 2. The summed E-state index contributed by atoms with van der Waals surface area (Å²) in [5, 5.41) is 3.52. The lowest BCUT2D eigenvalue weighted by Crippen LogP contribution is -2.01. The quantitative estimate of drug-likeness (QED) is 0.815. The van der Waals surface area contributed by atoms with Crippen LogP contribution in [-0.4, -0.2) is 0 Å². The monoisotopic (exact) mass is 266 g/mol. The Bertz CT molecular complexity index is 614. The van der Waals surface area contributed by atoms with Crippen molar-refractivity contribution in [2.75, 3.05) is 11.1 Å². The van der Waals surface area contributed by atoms with Crippen LogP contribution in [0, 0.1) is 6.92 Å². The molecule has 104 valence electrons. The maximum absolute atomic E-state index is 5.71. The van der Waals surface area contributed by atoms with Gasteiger partial charge in [-0.05, 0) is 72.2 Å². The number of benzene rings is 2. The van der Waals surface area contributed by atoms with E-state index in [1.807, 2.05) is 12.1 Å². The Labute approximate surface area is 121 Å². The van der Waals surface area contributed by atoms with Gasteiger partial charge in [0.15, 0.2) is 0 Å². The van der Waals surface area contributed by atoms with Crippen molar-refractivity contribution < 1.29 is 0 Å². The van der Waals surface area contributed by atoms with Gasteiger partial charge in [0.1, 0.15) is 0 Å². The highest BCUT2D eigenvalue weighted by atomic mass is 14.9. The van der Waals surface area contributed by atoms with Crippen molar-refractivity contribution in [3.63, 3.8) is 0 Å². The fraction of sp³-hybridized carbons (Fsp3) is 0.333. The number of rotatable bonds is 3. The van der Waals surface area contributed by atoms with Gasteiger partial charge in [0.2, 0.25) is 0 Å². The Balaban J connectivity index is 1.75. The van der Waals surface area contributed by atoms with E-state index >= 15 is 0 Å². The Morgan fingerprint density at radius 1 is 1.20 bits per heavy atom. The van der Waals surface area contributed by atoms with Gasteiger partial charge >= 0.3 is 0 Å². The van der Waals surface area contributed by atoms with Crippen LogP contribution in [0.25, 0.3) is 0 Å². The summed E-state index contributed by atoms with van der Waals surface area (Å²) in [7, 11) is 0. The predicted molar refractivity (Wildman–Crippen MR) is 86.1 cm³/mol. The normalized spacial score (nSPS) is 17.0. The van der Waals surface area contributed by atoms with Crippen LogP contribution in [0.2, 0.25) is 0 Å². The molecule has 0 radical (unpaired) electrons. The van der Waals surface area contributed by atoms with Crippen LogP contribution in [0.1, 0.15) is 41.5 Å². The summed E-state index contributed by atoms with van der Waals surface area (Å²) >= 11 is 0. The molecule has 0 saturated heterocycles. The first-order valence-electron chi connectivity index (χ1n) is 7.35. The summed E-state index contributed by atoms with van der Waals surface area (Å²) in [5.74, 6) is 0.719. The fourth-order valence-electron chi connectivity index (χ4n) is 3.24. The summed E-state index contributed by atoms with van der Waals surface area (Å²) in [5.41, 5.74) is 13.5. The maximum atomic E-state index is 5.71. The number of fused-ring (bicyclic) bond motifs is 1. The second kappa shape index (κ2) is 5.20. The SMILES string of the molecule is Cc1cc(NCc2ccc(N)cc2)cc2c1C(C)CC2. The van der Waals surface area contributed by atoms with Crippen LogP contribution in [-0.2, 0) is 13.0 Å². The van der Waals surface area contributed by atoms with Crippen molar-refractivity contribution in [2.45, 2.75) is 39.2 Å². The average Bonchev–Trinajstić information content (AvgIpc) is 2.80. The Kier molecular flexibility index (Phi) is 3.39. The molecule has 3 N–H and O–H groups in total. The van der Waals surface area contributed by atoms with Gasteiger partial charge in [-0.2, -0.15) is 0 Å². The van der Waals surface area contributed by atoms with Gasteiger partial charge in [0.05, 0.1) is 0 Å². The minimum Gasteiger partial charge on any atom is -0.399 e. The van der Waals surface area contributed by atoms with Gasteiger partial charge in [-0.15, -0.1) is 0 Å². The molecule has 2 nitrogen and oxygen atoms in total. The predicted octanol–water partition coefficient (Wildman–Crippen LogP) is 4.24. The summed E-state index contributed by atoms with van der Waals surface area (Å²) < 4.78 is 0. The van der Waals surface area contributed by atoms with E-state index in [1.54, 1.807) is 5.56 Å². The maximum Gasteiger partial charge on any atom is 0.0400 e. The first-order valence-corrected chi connectivity index (χ1v) is 7.35. The lowest BCUT2D eigenvalue weighted by molar-refractivity contribution is 0.744. The molecule has 3 rings (SSSR count). The van der Waals surface area contributed by atoms with Crippen LogP contribution < -0.4 is 11.1 Å². The van der Waals surface area contributed by atoms with E-state index in [1.165, 1.54) is 35.2 Å². The molecule has 0 fully saturated rings. The van der Waals surface area contributed by atoms with Crippen LogP contribution in [0.4, 0.5) is 11.4 Å². The Morgan fingerprint density at radius 3 is 2.70 bits per heavy atom. The van der Waals surface area contributed by atoms with E-state index in [0.717, 1.165) is 18.2 Å². The van der Waals surface area contributed by atoms with Crippen molar-refractivity contribution in [3.05, 3.63) is 58.7 Å². The molecule has 0 bridgehead atoms. The number of nitrogens with one attached hydrogen (secondary N) is 1. The molecular weight excluding hydrogens is 244 g/mol. The molecule has 0 aromatic heterocycles. The van der Waals surface area contributed by atoms with E-state index in [2.05, 4.69) is 43.4 Å². The highest BCUT2D eigenvalue weighted by molar-refractivity contribution is 5.55. The Hall–Kier alpha value is -1.96. The molecule has 0 aliphatic heterocycles. The van der Waals surface area contributed by atoms with Gasteiger partial charge in [-0.3, -0.25) is 0 Å². The zero-order chi connectivity index (χ0) is 14.1. The molecular formula is C18H22N2. The summed E-state index contributed by atoms with van der Waals surface area (Å²) in [6, 6.07) is 12.6. The third-order valence-electron chi connectivity index (χ3n) is 4.29. The molecule has 1 aliphatic rings. The van der Waals surface area contributed by atoms with Gasteiger partial charge in [0.25, 0.3) is 0 Å². The van der Waals surface area contributed by atoms with Crippen LogP contribution in [0.3, 0.4) is 0 Å². The first kappa shape index (κ1) is 13.0. The van der Waals surface area contributed by atoms with E-state index in [0.29, 0.717) is 0 Å². The highest BCUT2D eigenvalue weighted by Crippen LogP contribution is 2.36. The van der Waals surface area contributed by atoms with E-state index in [4.69, 9.17) is 5.73 Å². The van der Waals surface area contributed by atoms with E-state index in [9.17, 15) is 0 Å². The Morgan fingerprint density at radius 2 is 1.95 bits per heavy atom. The fourth-order valence-corrected chi connectivity index (χ4v) is 3.24. The van der Waals surface area contributed by atoms with Crippen LogP contribution in [0.5, 0.6) is 0 Å². The number of nitrogens with two attached hydrogens (primary N) is 1. The van der Waals surface area contributed by atoms with Crippen LogP contribution in [0.15, 0.2) is 36.4 Å². The molecule has 2 aromatic carbocycles. The molecule has 2 heteroatoms. The van der Waals surface area contributed by atoms with E-state index < -0.39 is 0 Å².